The monoisotopic (exact) mass is 215 g/mol. The first-order valence-electron chi connectivity index (χ1n) is 5.84. The zero-order valence-corrected chi connectivity index (χ0v) is 9.98. The van der Waals surface area contributed by atoms with Crippen LogP contribution in [0.5, 0.6) is 0 Å². The average Bonchev–Trinajstić information content (AvgIpc) is 2.17. The molecule has 1 aliphatic heterocycles. The van der Waals surface area contributed by atoms with Crippen LogP contribution in [0.25, 0.3) is 0 Å². The Morgan fingerprint density at radius 2 is 2.21 bits per heavy atom. The summed E-state index contributed by atoms with van der Waals surface area (Å²) in [6, 6.07) is 0.998. The summed E-state index contributed by atoms with van der Waals surface area (Å²) in [6.45, 7) is 4.41. The molecule has 5 atom stereocenters. The van der Waals surface area contributed by atoms with Gasteiger partial charge in [0.2, 0.25) is 0 Å². The lowest BCUT2D eigenvalue weighted by molar-refractivity contribution is 0.272. The first-order valence-corrected chi connectivity index (χ1v) is 7.22. The normalized spacial score (nSPS) is 48.6. The molecule has 14 heavy (non-hydrogen) atoms. The van der Waals surface area contributed by atoms with E-state index in [9.17, 15) is 4.21 Å². The first-order chi connectivity index (χ1) is 6.70. The highest BCUT2D eigenvalue weighted by molar-refractivity contribution is 7.85. The van der Waals surface area contributed by atoms with Gasteiger partial charge in [-0.25, -0.2) is 0 Å². The van der Waals surface area contributed by atoms with Gasteiger partial charge in [0.25, 0.3) is 0 Å². The fourth-order valence-electron chi connectivity index (χ4n) is 2.85. The van der Waals surface area contributed by atoms with Gasteiger partial charge in [0.1, 0.15) is 0 Å². The van der Waals surface area contributed by atoms with Gasteiger partial charge in [-0.2, -0.15) is 0 Å². The molecule has 1 N–H and O–H groups in total. The number of rotatable bonds is 1. The number of nitrogens with one attached hydrogen (secondary N) is 1. The van der Waals surface area contributed by atoms with Crippen molar-refractivity contribution in [3.8, 4) is 0 Å². The van der Waals surface area contributed by atoms with Crippen LogP contribution in [0.2, 0.25) is 0 Å². The highest BCUT2D eigenvalue weighted by Gasteiger charge is 2.37. The molecular formula is C11H21NOS. The van der Waals surface area contributed by atoms with Crippen LogP contribution in [0, 0.1) is 5.92 Å². The molecule has 82 valence electrons. The Morgan fingerprint density at radius 3 is 2.93 bits per heavy atom. The molecule has 1 heterocycles. The van der Waals surface area contributed by atoms with Gasteiger partial charge < -0.3 is 5.32 Å². The molecule has 2 rings (SSSR count). The second-order valence-electron chi connectivity index (χ2n) is 4.85. The van der Waals surface area contributed by atoms with Crippen molar-refractivity contribution in [1.29, 1.82) is 0 Å². The fraction of sp³-hybridized carbons (Fsp3) is 1.00. The molecule has 0 amide bonds. The van der Waals surface area contributed by atoms with E-state index in [2.05, 4.69) is 19.2 Å². The van der Waals surface area contributed by atoms with Crippen LogP contribution < -0.4 is 5.32 Å². The first kappa shape index (κ1) is 10.6. The van der Waals surface area contributed by atoms with Gasteiger partial charge in [-0.05, 0) is 32.1 Å². The minimum atomic E-state index is -0.572. The van der Waals surface area contributed by atoms with Crippen molar-refractivity contribution in [2.24, 2.45) is 5.92 Å². The molecule has 1 saturated carbocycles. The van der Waals surface area contributed by atoms with E-state index < -0.39 is 10.8 Å². The maximum absolute atomic E-state index is 12.0. The molecule has 1 aliphatic carbocycles. The van der Waals surface area contributed by atoms with Crippen molar-refractivity contribution in [2.45, 2.75) is 56.9 Å². The largest absolute Gasteiger partial charge is 0.309 e. The second-order valence-corrected chi connectivity index (χ2v) is 6.55. The maximum atomic E-state index is 12.0. The van der Waals surface area contributed by atoms with Crippen molar-refractivity contribution < 1.29 is 4.21 Å². The van der Waals surface area contributed by atoms with Crippen LogP contribution in [0.1, 0.15) is 39.5 Å². The summed E-state index contributed by atoms with van der Waals surface area (Å²) in [6.07, 6.45) is 5.01. The molecule has 0 aromatic heterocycles. The average molecular weight is 215 g/mol. The van der Waals surface area contributed by atoms with Gasteiger partial charge in [-0.3, -0.25) is 4.21 Å². The Morgan fingerprint density at radius 1 is 1.43 bits per heavy atom. The molecule has 3 heteroatoms. The maximum Gasteiger partial charge on any atom is 0.0504 e. The zero-order valence-electron chi connectivity index (χ0n) is 9.16. The predicted molar refractivity (Wildman–Crippen MR) is 60.8 cm³/mol. The smallest absolute Gasteiger partial charge is 0.0504 e. The number of hydrogen-bond acceptors (Lipinski definition) is 2. The van der Waals surface area contributed by atoms with Gasteiger partial charge in [-0.1, -0.05) is 13.3 Å². The summed E-state index contributed by atoms with van der Waals surface area (Å²) in [4.78, 5) is 0. The minimum Gasteiger partial charge on any atom is -0.309 e. The third-order valence-electron chi connectivity index (χ3n) is 3.73. The summed E-state index contributed by atoms with van der Waals surface area (Å²) in [5.74, 6) is 1.69. The van der Waals surface area contributed by atoms with E-state index in [0.717, 1.165) is 11.7 Å². The van der Waals surface area contributed by atoms with Crippen LogP contribution in [0.15, 0.2) is 0 Å². The van der Waals surface area contributed by atoms with Crippen molar-refractivity contribution in [3.63, 3.8) is 0 Å². The van der Waals surface area contributed by atoms with Gasteiger partial charge in [0, 0.05) is 28.6 Å². The molecule has 0 spiro atoms. The molecule has 0 bridgehead atoms. The van der Waals surface area contributed by atoms with Crippen LogP contribution in [0.4, 0.5) is 0 Å². The Balaban J connectivity index is 2.03. The summed E-state index contributed by atoms with van der Waals surface area (Å²) >= 11 is 0. The quantitative estimate of drug-likeness (QED) is 0.721. The van der Waals surface area contributed by atoms with E-state index >= 15 is 0 Å². The summed E-state index contributed by atoms with van der Waals surface area (Å²) in [7, 11) is -0.572. The van der Waals surface area contributed by atoms with Crippen LogP contribution in [-0.2, 0) is 10.8 Å². The molecule has 2 fully saturated rings. The summed E-state index contributed by atoms with van der Waals surface area (Å²) in [5.41, 5.74) is 0. The van der Waals surface area contributed by atoms with Gasteiger partial charge >= 0.3 is 0 Å². The van der Waals surface area contributed by atoms with E-state index in [1.54, 1.807) is 0 Å². The van der Waals surface area contributed by atoms with Gasteiger partial charge in [0.05, 0.1) is 5.25 Å². The van der Waals surface area contributed by atoms with Crippen molar-refractivity contribution in [3.05, 3.63) is 0 Å². The lowest BCUT2D eigenvalue weighted by Gasteiger charge is -2.41. The van der Waals surface area contributed by atoms with Gasteiger partial charge in [0.15, 0.2) is 0 Å². The highest BCUT2D eigenvalue weighted by Crippen LogP contribution is 2.32. The van der Waals surface area contributed by atoms with Gasteiger partial charge in [-0.15, -0.1) is 0 Å². The Labute approximate surface area is 89.3 Å². The van der Waals surface area contributed by atoms with E-state index in [1.165, 1.54) is 25.7 Å². The summed E-state index contributed by atoms with van der Waals surface area (Å²) < 4.78 is 12.0. The molecule has 0 aromatic rings. The van der Waals surface area contributed by atoms with E-state index in [-0.39, 0.29) is 0 Å². The molecular weight excluding hydrogens is 194 g/mol. The molecule has 0 radical (unpaired) electrons. The van der Waals surface area contributed by atoms with Crippen LogP contribution in [-0.4, -0.2) is 27.3 Å². The molecule has 5 unspecified atom stereocenters. The van der Waals surface area contributed by atoms with Crippen molar-refractivity contribution in [2.75, 3.05) is 5.75 Å². The van der Waals surface area contributed by atoms with Crippen molar-refractivity contribution >= 4 is 10.8 Å². The fourth-order valence-corrected chi connectivity index (χ4v) is 4.75. The zero-order chi connectivity index (χ0) is 10.1. The number of hydrogen-bond donors (Lipinski definition) is 1. The lowest BCUT2D eigenvalue weighted by Crippen LogP contribution is -2.56. The highest BCUT2D eigenvalue weighted by atomic mass is 32.2. The molecule has 1 saturated heterocycles. The third-order valence-corrected chi connectivity index (χ3v) is 5.75. The van der Waals surface area contributed by atoms with E-state index in [0.29, 0.717) is 17.3 Å². The predicted octanol–water partition coefficient (Wildman–Crippen LogP) is 1.67. The topological polar surface area (TPSA) is 29.1 Å². The van der Waals surface area contributed by atoms with Crippen molar-refractivity contribution in [1.82, 2.24) is 5.32 Å². The van der Waals surface area contributed by atoms with E-state index in [4.69, 9.17) is 0 Å². The lowest BCUT2D eigenvalue weighted by atomic mass is 9.84. The minimum absolute atomic E-state index is 0.449. The Hall–Kier alpha value is 0.110. The molecule has 2 aliphatic rings. The SMILES string of the molecule is CCC1CCC2NC(C)CS(=O)C2C1. The standard InChI is InChI=1S/C11H21NOS/c1-3-9-4-5-10-11(6-9)14(13)7-8(2)12-10/h8-12H,3-7H2,1-2H3. The van der Waals surface area contributed by atoms with E-state index in [1.807, 2.05) is 0 Å². The Bertz CT molecular complexity index is 231. The molecule has 2 nitrogen and oxygen atoms in total. The summed E-state index contributed by atoms with van der Waals surface area (Å²) in [5, 5.41) is 4.05. The van der Waals surface area contributed by atoms with Crippen LogP contribution in [0.3, 0.4) is 0 Å². The number of fused-ring (bicyclic) bond motifs is 1. The second kappa shape index (κ2) is 4.31. The Kier molecular flexibility index (Phi) is 3.27. The molecule has 0 aromatic carbocycles. The van der Waals surface area contributed by atoms with Crippen LogP contribution >= 0.6 is 0 Å². The third kappa shape index (κ3) is 2.03.